The minimum atomic E-state index is -3.74. The molecular weight excluding hydrogens is 158 g/mol. The molecule has 0 heterocycles. The maximum Gasteiger partial charge on any atom is 0.330 e. The van der Waals surface area contributed by atoms with E-state index in [0.29, 0.717) is 0 Å². The standard InChI is InChI=1S/C3H9N3O5/c4-2(8,1(7)6-5)3(9,10)11/h8-11H,4-5H2,(H,6,7)/t2-/m0/s1. The molecule has 0 spiro atoms. The van der Waals surface area contributed by atoms with Gasteiger partial charge in [-0.25, -0.2) is 5.84 Å². The molecule has 0 radical (unpaired) electrons. The van der Waals surface area contributed by atoms with Crippen LogP contribution in [0.3, 0.4) is 0 Å². The zero-order chi connectivity index (χ0) is 9.28. The van der Waals surface area contributed by atoms with E-state index in [-0.39, 0.29) is 0 Å². The van der Waals surface area contributed by atoms with E-state index in [4.69, 9.17) is 20.4 Å². The highest BCUT2D eigenvalue weighted by Crippen LogP contribution is 2.09. The first-order chi connectivity index (χ1) is 4.73. The smallest absolute Gasteiger partial charge is 0.330 e. The molecule has 0 aliphatic heterocycles. The molecule has 0 rings (SSSR count). The predicted octanol–water partition coefficient (Wildman–Crippen LogP) is -4.75. The van der Waals surface area contributed by atoms with Gasteiger partial charge in [0.25, 0.3) is 11.6 Å². The van der Waals surface area contributed by atoms with Crippen LogP contribution in [-0.4, -0.2) is 38.0 Å². The number of rotatable bonds is 2. The van der Waals surface area contributed by atoms with Crippen LogP contribution in [0, 0.1) is 0 Å². The normalized spacial score (nSPS) is 17.3. The van der Waals surface area contributed by atoms with E-state index in [1.165, 1.54) is 5.43 Å². The van der Waals surface area contributed by atoms with Crippen LogP contribution in [0.4, 0.5) is 0 Å². The van der Waals surface area contributed by atoms with Crippen molar-refractivity contribution in [2.75, 3.05) is 0 Å². The van der Waals surface area contributed by atoms with Crippen molar-refractivity contribution in [2.45, 2.75) is 11.7 Å². The molecule has 0 saturated heterocycles. The minimum absolute atomic E-state index is 1.32. The van der Waals surface area contributed by atoms with Crippen molar-refractivity contribution in [1.82, 2.24) is 5.43 Å². The van der Waals surface area contributed by atoms with E-state index >= 15 is 0 Å². The highest BCUT2D eigenvalue weighted by Gasteiger charge is 2.51. The summed E-state index contributed by atoms with van der Waals surface area (Å²) in [6.07, 6.45) is 0. The lowest BCUT2D eigenvalue weighted by Crippen LogP contribution is -2.69. The molecule has 0 aromatic heterocycles. The van der Waals surface area contributed by atoms with Gasteiger partial charge in [-0.05, 0) is 0 Å². The molecule has 0 aliphatic carbocycles. The summed E-state index contributed by atoms with van der Waals surface area (Å²) >= 11 is 0. The fraction of sp³-hybridized carbons (Fsp3) is 0.667. The second kappa shape index (κ2) is 2.70. The summed E-state index contributed by atoms with van der Waals surface area (Å²) in [4.78, 5) is 10.4. The Morgan fingerprint density at radius 3 is 1.73 bits per heavy atom. The van der Waals surface area contributed by atoms with E-state index in [1.54, 1.807) is 0 Å². The maximum atomic E-state index is 10.4. The Balaban J connectivity index is 4.59. The Kier molecular flexibility index (Phi) is 2.51. The number of hydrogen-bond donors (Lipinski definition) is 7. The molecular formula is C3H9N3O5. The molecule has 66 valence electrons. The number of hydrazine groups is 1. The Morgan fingerprint density at radius 2 is 1.64 bits per heavy atom. The maximum absolute atomic E-state index is 10.4. The fourth-order valence-electron chi connectivity index (χ4n) is 0.262. The topological polar surface area (TPSA) is 162 Å². The average Bonchev–Trinajstić information content (AvgIpc) is 1.83. The van der Waals surface area contributed by atoms with Crippen LogP contribution < -0.4 is 17.0 Å². The van der Waals surface area contributed by atoms with Crippen LogP contribution in [0.5, 0.6) is 0 Å². The lowest BCUT2D eigenvalue weighted by molar-refractivity contribution is -0.378. The van der Waals surface area contributed by atoms with Gasteiger partial charge < -0.3 is 20.4 Å². The summed E-state index contributed by atoms with van der Waals surface area (Å²) in [5.41, 5.74) is 2.62. The summed E-state index contributed by atoms with van der Waals surface area (Å²) < 4.78 is 0. The minimum Gasteiger partial charge on any atom is -0.361 e. The van der Waals surface area contributed by atoms with E-state index in [0.717, 1.165) is 0 Å². The largest absolute Gasteiger partial charge is 0.361 e. The molecule has 0 aliphatic rings. The first-order valence-electron chi connectivity index (χ1n) is 2.43. The van der Waals surface area contributed by atoms with E-state index < -0.39 is 17.6 Å². The number of carbonyl (C=O) groups excluding carboxylic acids is 1. The number of aliphatic hydroxyl groups is 4. The van der Waals surface area contributed by atoms with Crippen LogP contribution in [-0.2, 0) is 4.79 Å². The van der Waals surface area contributed by atoms with Crippen molar-refractivity contribution in [3.63, 3.8) is 0 Å². The monoisotopic (exact) mass is 167 g/mol. The Hall–Kier alpha value is -0.770. The van der Waals surface area contributed by atoms with Gasteiger partial charge in [0.1, 0.15) is 0 Å². The fourth-order valence-corrected chi connectivity index (χ4v) is 0.262. The third kappa shape index (κ3) is 1.83. The second-order valence-electron chi connectivity index (χ2n) is 1.88. The quantitative estimate of drug-likeness (QED) is 0.0939. The zero-order valence-corrected chi connectivity index (χ0v) is 5.35. The molecule has 11 heavy (non-hydrogen) atoms. The van der Waals surface area contributed by atoms with Gasteiger partial charge in [-0.2, -0.15) is 0 Å². The lowest BCUT2D eigenvalue weighted by Gasteiger charge is -2.28. The molecule has 9 N–H and O–H groups in total. The summed E-state index contributed by atoms with van der Waals surface area (Å²) in [5, 5.41) is 33.5. The number of carbonyl (C=O) groups is 1. The Labute approximate surface area is 61.0 Å². The summed E-state index contributed by atoms with van der Waals surface area (Å²) in [6.45, 7) is 0. The van der Waals surface area contributed by atoms with Gasteiger partial charge in [0.15, 0.2) is 0 Å². The van der Waals surface area contributed by atoms with E-state index in [1.807, 2.05) is 0 Å². The van der Waals surface area contributed by atoms with Crippen molar-refractivity contribution in [3.8, 4) is 0 Å². The predicted molar refractivity (Wildman–Crippen MR) is 30.9 cm³/mol. The molecule has 1 amide bonds. The van der Waals surface area contributed by atoms with Gasteiger partial charge in [-0.3, -0.25) is 16.0 Å². The van der Waals surface area contributed by atoms with Gasteiger partial charge in [0.05, 0.1) is 0 Å². The van der Waals surface area contributed by atoms with Gasteiger partial charge in [0.2, 0.25) is 0 Å². The molecule has 8 heteroatoms. The first-order valence-corrected chi connectivity index (χ1v) is 2.43. The lowest BCUT2D eigenvalue weighted by atomic mass is 10.2. The SMILES string of the molecule is NNC(=O)[C@](N)(O)C(O)(O)O. The summed E-state index contributed by atoms with van der Waals surface area (Å²) in [7, 11) is 0. The zero-order valence-electron chi connectivity index (χ0n) is 5.35. The Morgan fingerprint density at radius 1 is 1.27 bits per heavy atom. The molecule has 1 atom stereocenters. The molecule has 0 aromatic rings. The third-order valence-corrected chi connectivity index (χ3v) is 0.989. The van der Waals surface area contributed by atoms with Gasteiger partial charge in [0, 0.05) is 0 Å². The van der Waals surface area contributed by atoms with Crippen molar-refractivity contribution in [3.05, 3.63) is 0 Å². The van der Waals surface area contributed by atoms with Crippen LogP contribution in [0.25, 0.3) is 0 Å². The molecule has 0 fully saturated rings. The van der Waals surface area contributed by atoms with E-state index in [9.17, 15) is 4.79 Å². The van der Waals surface area contributed by atoms with Crippen molar-refractivity contribution >= 4 is 5.91 Å². The summed E-state index contributed by atoms with van der Waals surface area (Å²) in [5.74, 6) is -0.795. The summed E-state index contributed by atoms with van der Waals surface area (Å²) in [6, 6.07) is 0. The van der Waals surface area contributed by atoms with Crippen LogP contribution in [0.15, 0.2) is 0 Å². The first kappa shape index (κ1) is 10.2. The molecule has 8 nitrogen and oxygen atoms in total. The van der Waals surface area contributed by atoms with Crippen molar-refractivity contribution < 1.29 is 25.2 Å². The van der Waals surface area contributed by atoms with Crippen LogP contribution >= 0.6 is 0 Å². The van der Waals surface area contributed by atoms with Gasteiger partial charge in [-0.1, -0.05) is 0 Å². The molecule has 0 unspecified atom stereocenters. The van der Waals surface area contributed by atoms with Gasteiger partial charge in [-0.15, -0.1) is 0 Å². The molecule has 0 aromatic carbocycles. The number of nitrogens with two attached hydrogens (primary N) is 2. The van der Waals surface area contributed by atoms with Crippen LogP contribution in [0.1, 0.15) is 0 Å². The van der Waals surface area contributed by atoms with Crippen molar-refractivity contribution in [1.29, 1.82) is 0 Å². The number of amides is 1. The van der Waals surface area contributed by atoms with Crippen LogP contribution in [0.2, 0.25) is 0 Å². The Bertz CT molecular complexity index is 161. The average molecular weight is 167 g/mol. The highest BCUT2D eigenvalue weighted by atomic mass is 16.7. The highest BCUT2D eigenvalue weighted by molar-refractivity contribution is 5.84. The third-order valence-electron chi connectivity index (χ3n) is 0.989. The molecule has 0 saturated carbocycles. The number of nitrogens with one attached hydrogen (secondary N) is 1. The van der Waals surface area contributed by atoms with Crippen molar-refractivity contribution in [2.24, 2.45) is 11.6 Å². The number of hydrogen-bond acceptors (Lipinski definition) is 7. The second-order valence-corrected chi connectivity index (χ2v) is 1.88. The van der Waals surface area contributed by atoms with Gasteiger partial charge >= 0.3 is 5.97 Å². The molecule has 0 bridgehead atoms. The van der Waals surface area contributed by atoms with E-state index in [2.05, 4.69) is 11.6 Å².